The maximum absolute atomic E-state index is 12.9. The van der Waals surface area contributed by atoms with Crippen molar-refractivity contribution >= 4 is 29.1 Å². The van der Waals surface area contributed by atoms with Gasteiger partial charge in [0.25, 0.3) is 0 Å². The second-order valence-electron chi connectivity index (χ2n) is 8.13. The molecule has 25 heavy (non-hydrogen) atoms. The summed E-state index contributed by atoms with van der Waals surface area (Å²) in [5, 5.41) is 11.9. The summed E-state index contributed by atoms with van der Waals surface area (Å²) >= 11 is 7.91. The fourth-order valence-corrected chi connectivity index (χ4v) is 5.78. The number of carbonyl (C=O) groups is 1. The molecule has 0 radical (unpaired) electrons. The average molecular weight is 379 g/mol. The summed E-state index contributed by atoms with van der Waals surface area (Å²) in [4.78, 5) is 12.9. The predicted molar refractivity (Wildman–Crippen MR) is 106 cm³/mol. The van der Waals surface area contributed by atoms with E-state index in [9.17, 15) is 9.90 Å². The van der Waals surface area contributed by atoms with Crippen LogP contribution in [0.5, 0.6) is 0 Å². The SMILES string of the molecule is CC1(C)CC(=O)C(C(SC2CCCCC2)c2ccc(Cl)cc2)=C(O)C1. The number of halogens is 1. The quantitative estimate of drug-likeness (QED) is 0.637. The fraction of sp³-hybridized carbons (Fsp3) is 0.571. The molecule has 1 unspecified atom stereocenters. The van der Waals surface area contributed by atoms with Crippen LogP contribution in [0.15, 0.2) is 35.6 Å². The van der Waals surface area contributed by atoms with Crippen LogP contribution in [-0.2, 0) is 4.79 Å². The van der Waals surface area contributed by atoms with Crippen molar-refractivity contribution in [2.75, 3.05) is 0 Å². The van der Waals surface area contributed by atoms with E-state index in [1.165, 1.54) is 32.1 Å². The summed E-state index contributed by atoms with van der Waals surface area (Å²) in [6, 6.07) is 7.74. The van der Waals surface area contributed by atoms with Crippen LogP contribution in [0.1, 0.15) is 69.6 Å². The maximum Gasteiger partial charge on any atom is 0.164 e. The molecule has 3 rings (SSSR count). The zero-order valence-electron chi connectivity index (χ0n) is 15.1. The van der Waals surface area contributed by atoms with Crippen LogP contribution in [0.3, 0.4) is 0 Å². The van der Waals surface area contributed by atoms with Crippen LogP contribution in [0.25, 0.3) is 0 Å². The van der Waals surface area contributed by atoms with Gasteiger partial charge in [0.1, 0.15) is 5.76 Å². The lowest BCUT2D eigenvalue weighted by Gasteiger charge is -2.34. The first-order valence-electron chi connectivity index (χ1n) is 9.22. The number of aliphatic hydroxyl groups excluding tert-OH is 1. The van der Waals surface area contributed by atoms with Gasteiger partial charge in [-0.25, -0.2) is 0 Å². The van der Waals surface area contributed by atoms with Gasteiger partial charge in [0.15, 0.2) is 5.78 Å². The Morgan fingerprint density at radius 2 is 1.76 bits per heavy atom. The van der Waals surface area contributed by atoms with Gasteiger partial charge in [-0.05, 0) is 36.0 Å². The Hall–Kier alpha value is -0.930. The van der Waals surface area contributed by atoms with E-state index in [0.717, 1.165) is 5.56 Å². The third-order valence-electron chi connectivity index (χ3n) is 5.21. The molecule has 1 saturated carbocycles. The summed E-state index contributed by atoms with van der Waals surface area (Å²) in [5.74, 6) is 0.376. The third-order valence-corrected chi connectivity index (χ3v) is 7.10. The number of aliphatic hydroxyl groups is 1. The molecule has 0 amide bonds. The van der Waals surface area contributed by atoms with E-state index in [4.69, 9.17) is 11.6 Å². The first kappa shape index (κ1) is 18.8. The van der Waals surface area contributed by atoms with Gasteiger partial charge >= 0.3 is 0 Å². The van der Waals surface area contributed by atoms with Crippen LogP contribution in [0, 0.1) is 5.41 Å². The van der Waals surface area contributed by atoms with Crippen molar-refractivity contribution in [2.24, 2.45) is 5.41 Å². The Kier molecular flexibility index (Phi) is 5.85. The van der Waals surface area contributed by atoms with Gasteiger partial charge < -0.3 is 5.11 Å². The summed E-state index contributed by atoms with van der Waals surface area (Å²) in [6.07, 6.45) is 7.30. The van der Waals surface area contributed by atoms with Crippen molar-refractivity contribution in [3.05, 3.63) is 46.2 Å². The minimum atomic E-state index is -0.162. The largest absolute Gasteiger partial charge is 0.512 e. The molecule has 0 spiro atoms. The zero-order chi connectivity index (χ0) is 18.0. The van der Waals surface area contributed by atoms with E-state index >= 15 is 0 Å². The number of allylic oxidation sites excluding steroid dienone is 1. The van der Waals surface area contributed by atoms with Gasteiger partial charge in [0.05, 0.1) is 10.8 Å². The zero-order valence-corrected chi connectivity index (χ0v) is 16.6. The Morgan fingerprint density at radius 3 is 2.36 bits per heavy atom. The molecule has 0 aromatic heterocycles. The second kappa shape index (κ2) is 7.75. The molecule has 1 atom stereocenters. The molecule has 1 N–H and O–H groups in total. The maximum atomic E-state index is 12.9. The number of ketones is 1. The standard InChI is InChI=1S/C21H27ClO2S/c1-21(2)12-17(23)19(18(24)13-21)20(14-8-10-15(22)11-9-14)25-16-6-4-3-5-7-16/h8-11,16,20,23H,3-7,12-13H2,1-2H3. The Bertz CT molecular complexity index is 657. The molecule has 0 heterocycles. The Labute approximate surface area is 160 Å². The lowest BCUT2D eigenvalue weighted by atomic mass is 9.75. The van der Waals surface area contributed by atoms with Crippen molar-refractivity contribution in [1.82, 2.24) is 0 Å². The molecule has 2 nitrogen and oxygen atoms in total. The van der Waals surface area contributed by atoms with E-state index in [1.54, 1.807) is 0 Å². The van der Waals surface area contributed by atoms with Gasteiger partial charge in [0, 0.05) is 23.1 Å². The summed E-state index contributed by atoms with van der Waals surface area (Å²) < 4.78 is 0. The number of thioether (sulfide) groups is 1. The highest BCUT2D eigenvalue weighted by Crippen LogP contribution is 2.48. The average Bonchev–Trinajstić information content (AvgIpc) is 2.54. The van der Waals surface area contributed by atoms with Crippen molar-refractivity contribution in [1.29, 1.82) is 0 Å². The van der Waals surface area contributed by atoms with Gasteiger partial charge in [-0.3, -0.25) is 4.79 Å². The molecule has 1 aromatic rings. The van der Waals surface area contributed by atoms with Crippen molar-refractivity contribution in [3.8, 4) is 0 Å². The third kappa shape index (κ3) is 4.62. The molecule has 1 aromatic carbocycles. The summed E-state index contributed by atoms with van der Waals surface area (Å²) in [6.45, 7) is 4.09. The highest BCUT2D eigenvalue weighted by Gasteiger charge is 2.38. The van der Waals surface area contributed by atoms with Crippen LogP contribution >= 0.6 is 23.4 Å². The number of hydrogen-bond acceptors (Lipinski definition) is 3. The molecule has 0 bridgehead atoms. The number of rotatable bonds is 4. The van der Waals surface area contributed by atoms with Crippen LogP contribution < -0.4 is 0 Å². The molecule has 2 aliphatic carbocycles. The van der Waals surface area contributed by atoms with E-state index in [-0.39, 0.29) is 22.2 Å². The fourth-order valence-electron chi connectivity index (χ4n) is 3.94. The highest BCUT2D eigenvalue weighted by atomic mass is 35.5. The minimum Gasteiger partial charge on any atom is -0.512 e. The van der Waals surface area contributed by atoms with E-state index < -0.39 is 0 Å². The molecule has 1 fully saturated rings. The molecule has 2 aliphatic rings. The Balaban J connectivity index is 1.95. The van der Waals surface area contributed by atoms with Crippen LogP contribution in [0.4, 0.5) is 0 Å². The smallest absolute Gasteiger partial charge is 0.164 e. The highest BCUT2D eigenvalue weighted by molar-refractivity contribution is 8.00. The lowest BCUT2D eigenvalue weighted by Crippen LogP contribution is -2.28. The first-order chi connectivity index (χ1) is 11.9. The molecular weight excluding hydrogens is 352 g/mol. The number of carbonyl (C=O) groups excluding carboxylic acids is 1. The second-order valence-corrected chi connectivity index (χ2v) is 9.98. The van der Waals surface area contributed by atoms with Gasteiger partial charge in [-0.15, -0.1) is 11.8 Å². The van der Waals surface area contributed by atoms with E-state index in [2.05, 4.69) is 0 Å². The van der Waals surface area contributed by atoms with Crippen molar-refractivity contribution in [3.63, 3.8) is 0 Å². The molecule has 136 valence electrons. The monoisotopic (exact) mass is 378 g/mol. The molecule has 0 aliphatic heterocycles. The summed E-state index contributed by atoms with van der Waals surface area (Å²) in [7, 11) is 0. The molecule has 4 heteroatoms. The van der Waals surface area contributed by atoms with Gasteiger partial charge in [-0.2, -0.15) is 0 Å². The Morgan fingerprint density at radius 1 is 1.12 bits per heavy atom. The van der Waals surface area contributed by atoms with E-state index in [1.807, 2.05) is 49.9 Å². The number of hydrogen-bond donors (Lipinski definition) is 1. The molecular formula is C21H27ClO2S. The van der Waals surface area contributed by atoms with Gasteiger partial charge in [0.2, 0.25) is 0 Å². The topological polar surface area (TPSA) is 37.3 Å². The van der Waals surface area contributed by atoms with Crippen molar-refractivity contribution in [2.45, 2.75) is 69.3 Å². The summed E-state index contributed by atoms with van der Waals surface area (Å²) in [5.41, 5.74) is 1.52. The van der Waals surface area contributed by atoms with E-state index in [0.29, 0.717) is 28.7 Å². The molecule has 0 saturated heterocycles. The first-order valence-corrected chi connectivity index (χ1v) is 10.5. The van der Waals surface area contributed by atoms with Crippen molar-refractivity contribution < 1.29 is 9.90 Å². The van der Waals surface area contributed by atoms with Crippen LogP contribution in [0.2, 0.25) is 5.02 Å². The predicted octanol–water partition coefficient (Wildman–Crippen LogP) is 6.65. The number of Topliss-reactive ketones (excluding diaryl/α,β-unsaturated/α-hetero) is 1. The van der Waals surface area contributed by atoms with Gasteiger partial charge in [-0.1, -0.05) is 56.8 Å². The lowest BCUT2D eigenvalue weighted by molar-refractivity contribution is -0.118. The van der Waals surface area contributed by atoms with Crippen LogP contribution in [-0.4, -0.2) is 16.1 Å². The normalized spacial score (nSPS) is 22.9. The minimum absolute atomic E-state index is 0.0935. The number of benzene rings is 1.